The van der Waals surface area contributed by atoms with Crippen LogP contribution in [0.15, 0.2) is 35.8 Å². The molecule has 2 N–H and O–H groups in total. The number of thiazole rings is 1. The van der Waals surface area contributed by atoms with Crippen molar-refractivity contribution in [3.8, 4) is 0 Å². The van der Waals surface area contributed by atoms with Crippen molar-refractivity contribution < 1.29 is 9.53 Å². The maximum Gasteiger partial charge on any atom is 0.243 e. The van der Waals surface area contributed by atoms with Crippen LogP contribution in [0, 0.1) is 0 Å². The van der Waals surface area contributed by atoms with Crippen molar-refractivity contribution in [1.82, 2.24) is 4.98 Å². The molecule has 2 heterocycles. The molecule has 0 bridgehead atoms. The first kappa shape index (κ1) is 14.8. The second-order valence-electron chi connectivity index (χ2n) is 4.86. The minimum Gasteiger partial charge on any atom is -0.378 e. The van der Waals surface area contributed by atoms with Crippen LogP contribution in [0.1, 0.15) is 0 Å². The van der Waals surface area contributed by atoms with Gasteiger partial charge in [0.2, 0.25) is 5.91 Å². The highest BCUT2D eigenvalue weighted by molar-refractivity contribution is 7.13. The van der Waals surface area contributed by atoms with Crippen LogP contribution >= 0.6 is 11.3 Å². The van der Waals surface area contributed by atoms with Gasteiger partial charge in [0, 0.05) is 24.7 Å². The van der Waals surface area contributed by atoms with Crippen LogP contribution in [-0.2, 0) is 9.53 Å². The molecule has 0 saturated carbocycles. The van der Waals surface area contributed by atoms with Crippen molar-refractivity contribution >= 4 is 33.8 Å². The van der Waals surface area contributed by atoms with Crippen LogP contribution in [0.3, 0.4) is 0 Å². The number of morpholine rings is 1. The van der Waals surface area contributed by atoms with Gasteiger partial charge in [0.05, 0.1) is 31.1 Å². The molecule has 22 heavy (non-hydrogen) atoms. The molecule has 1 aromatic heterocycles. The lowest BCUT2D eigenvalue weighted by atomic mass is 10.2. The minimum absolute atomic E-state index is 0.0871. The Bertz CT molecular complexity index is 612. The Balaban J connectivity index is 1.62. The van der Waals surface area contributed by atoms with Gasteiger partial charge in [0.1, 0.15) is 0 Å². The summed E-state index contributed by atoms with van der Waals surface area (Å²) >= 11 is 1.47. The fourth-order valence-corrected chi connectivity index (χ4v) is 2.85. The van der Waals surface area contributed by atoms with Gasteiger partial charge >= 0.3 is 0 Å². The Labute approximate surface area is 133 Å². The largest absolute Gasteiger partial charge is 0.378 e. The molecule has 0 spiro atoms. The van der Waals surface area contributed by atoms with Gasteiger partial charge in [-0.3, -0.25) is 4.79 Å². The standard InChI is InChI=1S/C15H18N4O2S/c20-14(11-17-15-16-5-10-22-15)18-12-3-1-2-4-13(12)19-6-8-21-9-7-19/h1-5,10H,6-9,11H2,(H,16,17)(H,18,20). The molecule has 1 aliphatic heterocycles. The summed E-state index contributed by atoms with van der Waals surface area (Å²) in [5.41, 5.74) is 1.86. The highest BCUT2D eigenvalue weighted by Gasteiger charge is 2.15. The van der Waals surface area contributed by atoms with Crippen molar-refractivity contribution in [1.29, 1.82) is 0 Å². The van der Waals surface area contributed by atoms with Gasteiger partial charge in [0.25, 0.3) is 0 Å². The first-order valence-corrected chi connectivity index (χ1v) is 8.06. The maximum atomic E-state index is 12.1. The number of carbonyl (C=O) groups excluding carboxylic acids is 1. The van der Waals surface area contributed by atoms with Crippen molar-refractivity contribution in [3.63, 3.8) is 0 Å². The van der Waals surface area contributed by atoms with E-state index in [4.69, 9.17) is 4.74 Å². The summed E-state index contributed by atoms with van der Waals surface area (Å²) in [4.78, 5) is 18.4. The van der Waals surface area contributed by atoms with E-state index in [-0.39, 0.29) is 12.5 Å². The molecular formula is C15H18N4O2S. The van der Waals surface area contributed by atoms with Crippen LogP contribution in [0.2, 0.25) is 0 Å². The molecule has 1 aromatic carbocycles. The van der Waals surface area contributed by atoms with Crippen LogP contribution in [-0.4, -0.2) is 43.7 Å². The first-order chi connectivity index (χ1) is 10.8. The van der Waals surface area contributed by atoms with Crippen LogP contribution < -0.4 is 15.5 Å². The summed E-state index contributed by atoms with van der Waals surface area (Å²) in [6.07, 6.45) is 1.71. The number of carbonyl (C=O) groups is 1. The van der Waals surface area contributed by atoms with E-state index in [1.165, 1.54) is 11.3 Å². The van der Waals surface area contributed by atoms with Crippen LogP contribution in [0.5, 0.6) is 0 Å². The van der Waals surface area contributed by atoms with E-state index >= 15 is 0 Å². The lowest BCUT2D eigenvalue weighted by Crippen LogP contribution is -2.37. The Morgan fingerprint density at radius 1 is 1.32 bits per heavy atom. The molecule has 2 aromatic rings. The third-order valence-electron chi connectivity index (χ3n) is 3.36. The second kappa shape index (κ2) is 7.24. The SMILES string of the molecule is O=C(CNc1nccs1)Nc1ccccc1N1CCOCC1. The number of nitrogens with zero attached hydrogens (tertiary/aromatic N) is 2. The Morgan fingerprint density at radius 3 is 2.91 bits per heavy atom. The fraction of sp³-hybridized carbons (Fsp3) is 0.333. The van der Waals surface area contributed by atoms with Crippen molar-refractivity contribution in [3.05, 3.63) is 35.8 Å². The predicted octanol–water partition coefficient (Wildman–Crippen LogP) is 2.03. The smallest absolute Gasteiger partial charge is 0.243 e. The van der Waals surface area contributed by atoms with Gasteiger partial charge in [0.15, 0.2) is 5.13 Å². The lowest BCUT2D eigenvalue weighted by Gasteiger charge is -2.30. The summed E-state index contributed by atoms with van der Waals surface area (Å²) in [6.45, 7) is 3.31. The van der Waals surface area contributed by atoms with Crippen LogP contribution in [0.4, 0.5) is 16.5 Å². The summed E-state index contributed by atoms with van der Waals surface area (Å²) in [7, 11) is 0. The molecule has 1 fully saturated rings. The lowest BCUT2D eigenvalue weighted by molar-refractivity contribution is -0.114. The van der Waals surface area contributed by atoms with Gasteiger partial charge in [-0.15, -0.1) is 11.3 Å². The Morgan fingerprint density at radius 2 is 2.14 bits per heavy atom. The van der Waals surface area contributed by atoms with Crippen LogP contribution in [0.25, 0.3) is 0 Å². The van der Waals surface area contributed by atoms with E-state index in [1.54, 1.807) is 6.20 Å². The topological polar surface area (TPSA) is 66.5 Å². The summed E-state index contributed by atoms with van der Waals surface area (Å²) in [5, 5.41) is 8.58. The summed E-state index contributed by atoms with van der Waals surface area (Å²) in [5.74, 6) is -0.0871. The quantitative estimate of drug-likeness (QED) is 0.883. The number of benzene rings is 1. The zero-order chi connectivity index (χ0) is 15.2. The van der Waals surface area contributed by atoms with E-state index in [0.29, 0.717) is 13.2 Å². The molecule has 0 radical (unpaired) electrons. The molecule has 0 atom stereocenters. The van der Waals surface area contributed by atoms with Crippen molar-refractivity contribution in [2.45, 2.75) is 0 Å². The first-order valence-electron chi connectivity index (χ1n) is 7.18. The zero-order valence-corrected chi connectivity index (χ0v) is 12.9. The number of aromatic nitrogens is 1. The molecule has 1 saturated heterocycles. The van der Waals surface area contributed by atoms with E-state index in [9.17, 15) is 4.79 Å². The van der Waals surface area contributed by atoms with E-state index < -0.39 is 0 Å². The second-order valence-corrected chi connectivity index (χ2v) is 5.75. The minimum atomic E-state index is -0.0871. The zero-order valence-electron chi connectivity index (χ0n) is 12.1. The van der Waals surface area contributed by atoms with Crippen molar-refractivity contribution in [2.24, 2.45) is 0 Å². The third-order valence-corrected chi connectivity index (χ3v) is 4.09. The molecule has 1 amide bonds. The number of amides is 1. The van der Waals surface area contributed by atoms with Gasteiger partial charge in [-0.25, -0.2) is 4.98 Å². The van der Waals surface area contributed by atoms with Crippen molar-refractivity contribution in [2.75, 3.05) is 48.4 Å². The van der Waals surface area contributed by atoms with E-state index in [2.05, 4.69) is 20.5 Å². The van der Waals surface area contributed by atoms with Gasteiger partial charge in [-0.1, -0.05) is 12.1 Å². The van der Waals surface area contributed by atoms with Gasteiger partial charge in [-0.2, -0.15) is 0 Å². The maximum absolute atomic E-state index is 12.1. The average molecular weight is 318 g/mol. The van der Waals surface area contributed by atoms with E-state index in [0.717, 1.165) is 29.6 Å². The highest BCUT2D eigenvalue weighted by atomic mass is 32.1. The van der Waals surface area contributed by atoms with E-state index in [1.807, 2.05) is 29.6 Å². The molecule has 6 nitrogen and oxygen atoms in total. The fourth-order valence-electron chi connectivity index (χ4n) is 2.32. The molecule has 0 aliphatic carbocycles. The number of ether oxygens (including phenoxy) is 1. The van der Waals surface area contributed by atoms with Gasteiger partial charge in [-0.05, 0) is 12.1 Å². The third kappa shape index (κ3) is 3.75. The number of nitrogens with one attached hydrogen (secondary N) is 2. The Kier molecular flexibility index (Phi) is 4.87. The monoisotopic (exact) mass is 318 g/mol. The molecule has 0 unspecified atom stereocenters. The molecule has 3 rings (SSSR count). The van der Waals surface area contributed by atoms with Gasteiger partial charge < -0.3 is 20.3 Å². The average Bonchev–Trinajstić information content (AvgIpc) is 3.08. The molecule has 116 valence electrons. The number of para-hydroxylation sites is 2. The Hall–Kier alpha value is -2.12. The summed E-state index contributed by atoms with van der Waals surface area (Å²) < 4.78 is 5.38. The normalized spacial score (nSPS) is 14.6. The highest BCUT2D eigenvalue weighted by Crippen LogP contribution is 2.26. The number of anilines is 3. The molecular weight excluding hydrogens is 300 g/mol. The molecule has 7 heteroatoms. The summed E-state index contributed by atoms with van der Waals surface area (Å²) in [6, 6.07) is 7.85. The number of hydrogen-bond acceptors (Lipinski definition) is 6. The predicted molar refractivity (Wildman–Crippen MR) is 88.7 cm³/mol. The number of hydrogen-bond donors (Lipinski definition) is 2. The number of rotatable bonds is 5. The molecule has 1 aliphatic rings.